The van der Waals surface area contributed by atoms with E-state index in [0.717, 1.165) is 6.07 Å². The number of hydrogen-bond acceptors (Lipinski definition) is 4. The van der Waals surface area contributed by atoms with Crippen LogP contribution >= 0.6 is 0 Å². The average Bonchev–Trinajstić information content (AvgIpc) is 2.46. The van der Waals surface area contributed by atoms with Gasteiger partial charge in [-0.25, -0.2) is 12.8 Å². The number of ether oxygens (including phenoxy) is 1. The molecule has 0 amide bonds. The van der Waals surface area contributed by atoms with Gasteiger partial charge in [0.25, 0.3) is 0 Å². The molecule has 1 aromatic carbocycles. The normalized spacial score (nSPS) is 19.9. The SMILES string of the molecule is CC1CN(S(=O)(=O)c2ccc(C#CCN)c(F)c2)CCO1. The van der Waals surface area contributed by atoms with E-state index in [1.54, 1.807) is 6.92 Å². The Labute approximate surface area is 123 Å². The summed E-state index contributed by atoms with van der Waals surface area (Å²) in [5.41, 5.74) is 5.36. The Balaban J connectivity index is 2.30. The first kappa shape index (κ1) is 15.9. The number of hydrogen-bond donors (Lipinski definition) is 1. The Bertz CT molecular complexity index is 679. The van der Waals surface area contributed by atoms with Crippen LogP contribution in [0.2, 0.25) is 0 Å². The highest BCUT2D eigenvalue weighted by atomic mass is 32.2. The monoisotopic (exact) mass is 312 g/mol. The molecule has 0 aromatic heterocycles. The van der Waals surface area contributed by atoms with Gasteiger partial charge in [0.2, 0.25) is 10.0 Å². The van der Waals surface area contributed by atoms with Crippen molar-refractivity contribution in [3.05, 3.63) is 29.6 Å². The summed E-state index contributed by atoms with van der Waals surface area (Å²) in [5.74, 6) is 4.43. The van der Waals surface area contributed by atoms with Crippen molar-refractivity contribution in [1.29, 1.82) is 0 Å². The number of sulfonamides is 1. The predicted octanol–water partition coefficient (Wildman–Crippen LogP) is 0.545. The van der Waals surface area contributed by atoms with Crippen LogP contribution in [-0.4, -0.2) is 45.1 Å². The van der Waals surface area contributed by atoms with Crippen molar-refractivity contribution in [2.75, 3.05) is 26.2 Å². The lowest BCUT2D eigenvalue weighted by atomic mass is 10.2. The van der Waals surface area contributed by atoms with Gasteiger partial charge in [-0.2, -0.15) is 4.31 Å². The molecule has 1 aliphatic heterocycles. The highest BCUT2D eigenvalue weighted by Gasteiger charge is 2.29. The molecule has 1 saturated heterocycles. The quantitative estimate of drug-likeness (QED) is 0.809. The molecule has 5 nitrogen and oxygen atoms in total. The van der Waals surface area contributed by atoms with E-state index >= 15 is 0 Å². The average molecular weight is 312 g/mol. The number of benzene rings is 1. The molecule has 0 saturated carbocycles. The number of halogens is 1. The first-order chi connectivity index (χ1) is 9.95. The maximum Gasteiger partial charge on any atom is 0.243 e. The van der Waals surface area contributed by atoms with Gasteiger partial charge in [0.1, 0.15) is 5.82 Å². The minimum absolute atomic E-state index is 0.0765. The number of nitrogens with two attached hydrogens (primary N) is 1. The van der Waals surface area contributed by atoms with E-state index in [1.807, 2.05) is 0 Å². The van der Waals surface area contributed by atoms with Gasteiger partial charge in [0, 0.05) is 13.1 Å². The van der Waals surface area contributed by atoms with Crippen molar-refractivity contribution >= 4 is 10.0 Å². The summed E-state index contributed by atoms with van der Waals surface area (Å²) in [4.78, 5) is -0.0765. The lowest BCUT2D eigenvalue weighted by Crippen LogP contribution is -2.44. The van der Waals surface area contributed by atoms with Gasteiger partial charge in [-0.3, -0.25) is 0 Å². The Kier molecular flexibility index (Phi) is 4.96. The second kappa shape index (κ2) is 6.54. The van der Waals surface area contributed by atoms with Crippen LogP contribution in [0, 0.1) is 17.7 Å². The molecule has 1 aliphatic rings. The maximum atomic E-state index is 13.9. The topological polar surface area (TPSA) is 72.6 Å². The second-order valence-corrected chi connectivity index (χ2v) is 6.63. The fraction of sp³-hybridized carbons (Fsp3) is 0.429. The summed E-state index contributed by atoms with van der Waals surface area (Å²) < 4.78 is 45.4. The second-order valence-electron chi connectivity index (χ2n) is 4.69. The third-order valence-electron chi connectivity index (χ3n) is 3.11. The highest BCUT2D eigenvalue weighted by Crippen LogP contribution is 2.20. The van der Waals surface area contributed by atoms with Crippen molar-refractivity contribution in [2.45, 2.75) is 17.9 Å². The lowest BCUT2D eigenvalue weighted by Gasteiger charge is -2.30. The smallest absolute Gasteiger partial charge is 0.243 e. The molecule has 0 radical (unpaired) electrons. The maximum absolute atomic E-state index is 13.9. The van der Waals surface area contributed by atoms with E-state index < -0.39 is 15.8 Å². The standard InChI is InChI=1S/C14H17FN2O3S/c1-11-10-17(7-8-20-11)21(18,19)13-5-4-12(3-2-6-16)14(15)9-13/h4-5,9,11H,6-8,10,16H2,1H3. The van der Waals surface area contributed by atoms with Crippen LogP contribution in [0.15, 0.2) is 23.1 Å². The number of morpholine rings is 1. The van der Waals surface area contributed by atoms with Gasteiger partial charge in [-0.05, 0) is 25.1 Å². The van der Waals surface area contributed by atoms with Crippen LogP contribution in [0.1, 0.15) is 12.5 Å². The van der Waals surface area contributed by atoms with E-state index in [9.17, 15) is 12.8 Å². The fourth-order valence-electron chi connectivity index (χ4n) is 2.06. The lowest BCUT2D eigenvalue weighted by molar-refractivity contribution is 0.0102. The van der Waals surface area contributed by atoms with Gasteiger partial charge in [-0.1, -0.05) is 11.8 Å². The zero-order valence-corrected chi connectivity index (χ0v) is 12.5. The minimum atomic E-state index is -3.71. The molecule has 1 aromatic rings. The molecule has 1 unspecified atom stereocenters. The van der Waals surface area contributed by atoms with Gasteiger partial charge >= 0.3 is 0 Å². The summed E-state index contributed by atoms with van der Waals surface area (Å²) in [5, 5.41) is 0. The molecular weight excluding hydrogens is 295 g/mol. The molecule has 2 N–H and O–H groups in total. The summed E-state index contributed by atoms with van der Waals surface area (Å²) in [6, 6.07) is 3.71. The van der Waals surface area contributed by atoms with Gasteiger partial charge in [0.05, 0.1) is 29.7 Å². The highest BCUT2D eigenvalue weighted by molar-refractivity contribution is 7.89. The Morgan fingerprint density at radius 1 is 1.52 bits per heavy atom. The molecule has 114 valence electrons. The summed E-state index contributed by atoms with van der Waals surface area (Å²) >= 11 is 0. The first-order valence-corrected chi connectivity index (χ1v) is 7.99. The Hall–Kier alpha value is -1.46. The summed E-state index contributed by atoms with van der Waals surface area (Å²) in [7, 11) is -3.71. The molecular formula is C14H17FN2O3S. The zero-order valence-electron chi connectivity index (χ0n) is 11.7. The Morgan fingerprint density at radius 3 is 2.90 bits per heavy atom. The van der Waals surface area contributed by atoms with Crippen LogP contribution in [0.5, 0.6) is 0 Å². The van der Waals surface area contributed by atoms with Crippen molar-refractivity contribution < 1.29 is 17.5 Å². The molecule has 2 rings (SSSR count). The third kappa shape index (κ3) is 3.60. The fourth-order valence-corrected chi connectivity index (χ4v) is 3.57. The molecule has 0 spiro atoms. The molecule has 1 atom stereocenters. The van der Waals surface area contributed by atoms with Crippen molar-refractivity contribution in [3.63, 3.8) is 0 Å². The summed E-state index contributed by atoms with van der Waals surface area (Å²) in [6.45, 7) is 2.78. The van der Waals surface area contributed by atoms with E-state index in [2.05, 4.69) is 11.8 Å². The molecule has 21 heavy (non-hydrogen) atoms. The van der Waals surface area contributed by atoms with Gasteiger partial charge in [0.15, 0.2) is 0 Å². The third-order valence-corrected chi connectivity index (χ3v) is 4.97. The summed E-state index contributed by atoms with van der Waals surface area (Å²) in [6.07, 6.45) is -0.173. The molecule has 7 heteroatoms. The van der Waals surface area contributed by atoms with Crippen LogP contribution in [0.3, 0.4) is 0 Å². The van der Waals surface area contributed by atoms with E-state index in [1.165, 1.54) is 16.4 Å². The number of rotatable bonds is 2. The van der Waals surface area contributed by atoms with Crippen LogP contribution < -0.4 is 5.73 Å². The van der Waals surface area contributed by atoms with E-state index in [-0.39, 0.29) is 36.2 Å². The molecule has 1 heterocycles. The molecule has 0 aliphatic carbocycles. The van der Waals surface area contributed by atoms with Crippen molar-refractivity contribution in [3.8, 4) is 11.8 Å². The minimum Gasteiger partial charge on any atom is -0.376 e. The van der Waals surface area contributed by atoms with Crippen molar-refractivity contribution in [1.82, 2.24) is 4.31 Å². The van der Waals surface area contributed by atoms with Gasteiger partial charge < -0.3 is 10.5 Å². The van der Waals surface area contributed by atoms with E-state index in [0.29, 0.717) is 6.61 Å². The van der Waals surface area contributed by atoms with Gasteiger partial charge in [-0.15, -0.1) is 0 Å². The van der Waals surface area contributed by atoms with Crippen molar-refractivity contribution in [2.24, 2.45) is 5.73 Å². The van der Waals surface area contributed by atoms with Crippen LogP contribution in [0.4, 0.5) is 4.39 Å². The molecule has 0 bridgehead atoms. The largest absolute Gasteiger partial charge is 0.376 e. The van der Waals surface area contributed by atoms with E-state index in [4.69, 9.17) is 10.5 Å². The first-order valence-electron chi connectivity index (χ1n) is 6.55. The Morgan fingerprint density at radius 2 is 2.29 bits per heavy atom. The zero-order chi connectivity index (χ0) is 15.5. The predicted molar refractivity (Wildman–Crippen MR) is 76.5 cm³/mol. The van der Waals surface area contributed by atoms with Crippen LogP contribution in [-0.2, 0) is 14.8 Å². The molecule has 1 fully saturated rings. The van der Waals surface area contributed by atoms with Crippen LogP contribution in [0.25, 0.3) is 0 Å². The number of nitrogens with zero attached hydrogens (tertiary/aromatic N) is 1.